The molecule has 0 bridgehead atoms. The first-order valence-electron chi connectivity index (χ1n) is 5.73. The fraction of sp³-hybridized carbons (Fsp3) is 0.462. The molecule has 0 saturated heterocycles. The summed E-state index contributed by atoms with van der Waals surface area (Å²) in [7, 11) is 0. The molecule has 0 aromatic heterocycles. The molecule has 1 aliphatic rings. The standard InChI is InChI=1S/C13H16ClNO2.ClH/c1-8-6-7-13(15,12(17)11(8)16)9-4-2-3-5-10(9)14;/h2-5,8,11,16H,6-7,15H2,1H3;1H/t8-,11-,13-;/m1./s1. The van der Waals surface area contributed by atoms with Gasteiger partial charge in [0.1, 0.15) is 11.6 Å². The molecule has 1 aliphatic carbocycles. The number of ketones is 1. The van der Waals surface area contributed by atoms with Gasteiger partial charge in [-0.1, -0.05) is 36.7 Å². The van der Waals surface area contributed by atoms with Crippen molar-refractivity contribution in [1.29, 1.82) is 0 Å². The third kappa shape index (κ3) is 2.41. The number of Topliss-reactive ketones (excluding diaryl/α,β-unsaturated/α-hetero) is 1. The van der Waals surface area contributed by atoms with Crippen molar-refractivity contribution >= 4 is 29.8 Å². The summed E-state index contributed by atoms with van der Waals surface area (Å²) in [6.45, 7) is 1.86. The van der Waals surface area contributed by atoms with E-state index in [1.807, 2.05) is 6.92 Å². The van der Waals surface area contributed by atoms with Crippen molar-refractivity contribution in [3.05, 3.63) is 34.9 Å². The number of hydrogen-bond donors (Lipinski definition) is 2. The van der Waals surface area contributed by atoms with E-state index in [9.17, 15) is 9.90 Å². The van der Waals surface area contributed by atoms with E-state index in [2.05, 4.69) is 0 Å². The van der Waals surface area contributed by atoms with Gasteiger partial charge in [-0.15, -0.1) is 12.4 Å². The van der Waals surface area contributed by atoms with Crippen molar-refractivity contribution in [2.75, 3.05) is 0 Å². The van der Waals surface area contributed by atoms with Gasteiger partial charge in [0.05, 0.1) is 0 Å². The topological polar surface area (TPSA) is 63.3 Å². The summed E-state index contributed by atoms with van der Waals surface area (Å²) in [5.74, 6) is -0.369. The van der Waals surface area contributed by atoms with E-state index in [0.717, 1.165) is 0 Å². The van der Waals surface area contributed by atoms with Crippen molar-refractivity contribution in [1.82, 2.24) is 0 Å². The number of benzene rings is 1. The van der Waals surface area contributed by atoms with Crippen molar-refractivity contribution < 1.29 is 9.90 Å². The second-order valence-corrected chi connectivity index (χ2v) is 5.18. The molecule has 3 nitrogen and oxygen atoms in total. The largest absolute Gasteiger partial charge is 0.385 e. The average molecular weight is 290 g/mol. The van der Waals surface area contributed by atoms with E-state index < -0.39 is 11.6 Å². The molecule has 5 heteroatoms. The first-order chi connectivity index (χ1) is 7.97. The van der Waals surface area contributed by atoms with Crippen LogP contribution in [0, 0.1) is 5.92 Å². The minimum atomic E-state index is -1.15. The lowest BCUT2D eigenvalue weighted by atomic mass is 9.71. The smallest absolute Gasteiger partial charge is 0.185 e. The molecule has 0 spiro atoms. The highest BCUT2D eigenvalue weighted by atomic mass is 35.5. The van der Waals surface area contributed by atoms with Crippen LogP contribution in [0.5, 0.6) is 0 Å². The highest BCUT2D eigenvalue weighted by molar-refractivity contribution is 6.31. The molecule has 0 amide bonds. The molecule has 1 saturated carbocycles. The molecule has 2 rings (SSSR count). The van der Waals surface area contributed by atoms with Gasteiger partial charge in [0, 0.05) is 5.02 Å². The maximum absolute atomic E-state index is 12.2. The van der Waals surface area contributed by atoms with E-state index >= 15 is 0 Å². The molecule has 1 fully saturated rings. The summed E-state index contributed by atoms with van der Waals surface area (Å²) in [6, 6.07) is 7.06. The zero-order valence-electron chi connectivity index (χ0n) is 10.1. The molecule has 100 valence electrons. The zero-order valence-corrected chi connectivity index (χ0v) is 11.7. The van der Waals surface area contributed by atoms with Crippen molar-refractivity contribution in [2.45, 2.75) is 31.4 Å². The summed E-state index contributed by atoms with van der Waals surface area (Å²) >= 11 is 6.08. The van der Waals surface area contributed by atoms with Gasteiger partial charge in [0.15, 0.2) is 5.78 Å². The molecular formula is C13H17Cl2NO2. The molecule has 1 aromatic rings. The lowest BCUT2D eigenvalue weighted by Crippen LogP contribution is -2.55. The van der Waals surface area contributed by atoms with Crippen LogP contribution in [0.15, 0.2) is 24.3 Å². The monoisotopic (exact) mass is 289 g/mol. The number of rotatable bonds is 1. The van der Waals surface area contributed by atoms with Gasteiger partial charge >= 0.3 is 0 Å². The first-order valence-corrected chi connectivity index (χ1v) is 6.11. The van der Waals surface area contributed by atoms with Crippen molar-refractivity contribution in [2.24, 2.45) is 11.7 Å². The van der Waals surface area contributed by atoms with Crippen LogP contribution in [-0.2, 0) is 10.3 Å². The Hall–Kier alpha value is -0.610. The molecule has 0 heterocycles. The molecule has 0 radical (unpaired) electrons. The number of carbonyl (C=O) groups excluding carboxylic acids is 1. The van der Waals surface area contributed by atoms with Crippen LogP contribution in [0.4, 0.5) is 0 Å². The van der Waals surface area contributed by atoms with Crippen LogP contribution >= 0.6 is 24.0 Å². The first kappa shape index (κ1) is 15.4. The van der Waals surface area contributed by atoms with Gasteiger partial charge < -0.3 is 10.8 Å². The summed E-state index contributed by atoms with van der Waals surface area (Å²) in [6.07, 6.45) is 0.243. The molecule has 3 atom stereocenters. The molecule has 0 unspecified atom stereocenters. The van der Waals surface area contributed by atoms with E-state index in [1.54, 1.807) is 24.3 Å². The van der Waals surface area contributed by atoms with E-state index in [-0.39, 0.29) is 24.1 Å². The highest BCUT2D eigenvalue weighted by Crippen LogP contribution is 2.37. The van der Waals surface area contributed by atoms with Gasteiger partial charge in [-0.25, -0.2) is 0 Å². The van der Waals surface area contributed by atoms with Gasteiger partial charge in [0.2, 0.25) is 0 Å². The van der Waals surface area contributed by atoms with Gasteiger partial charge in [-0.2, -0.15) is 0 Å². The van der Waals surface area contributed by atoms with E-state index in [1.165, 1.54) is 0 Å². The average Bonchev–Trinajstić information content (AvgIpc) is 2.32. The van der Waals surface area contributed by atoms with E-state index in [0.29, 0.717) is 23.4 Å². The Labute approximate surface area is 118 Å². The Kier molecular flexibility index (Phi) is 4.78. The Morgan fingerprint density at radius 2 is 2.06 bits per heavy atom. The van der Waals surface area contributed by atoms with Gasteiger partial charge in [-0.05, 0) is 30.4 Å². The third-order valence-electron chi connectivity index (χ3n) is 3.60. The predicted octanol–water partition coefficient (Wildman–Crippen LogP) is 2.28. The summed E-state index contributed by atoms with van der Waals surface area (Å²) in [4.78, 5) is 12.2. The number of carbonyl (C=O) groups is 1. The fourth-order valence-corrected chi connectivity index (χ4v) is 2.65. The lowest BCUT2D eigenvalue weighted by molar-refractivity contribution is -0.139. The SMILES string of the molecule is C[C@@H]1CC[C@@](N)(c2ccccc2Cl)C(=O)[C@@H]1O.Cl. The van der Waals surface area contributed by atoms with Crippen LogP contribution in [-0.4, -0.2) is 17.0 Å². The third-order valence-corrected chi connectivity index (χ3v) is 3.93. The molecule has 0 aliphatic heterocycles. The minimum Gasteiger partial charge on any atom is -0.385 e. The molecule has 18 heavy (non-hydrogen) atoms. The maximum Gasteiger partial charge on any atom is 0.185 e. The number of aliphatic hydroxyl groups excluding tert-OH is 1. The Bertz CT molecular complexity index is 452. The molecular weight excluding hydrogens is 273 g/mol. The van der Waals surface area contributed by atoms with Crippen LogP contribution in [0.2, 0.25) is 5.02 Å². The minimum absolute atomic E-state index is 0. The maximum atomic E-state index is 12.2. The van der Waals surface area contributed by atoms with Crippen LogP contribution in [0.3, 0.4) is 0 Å². The van der Waals surface area contributed by atoms with Gasteiger partial charge in [-0.3, -0.25) is 4.79 Å². The highest BCUT2D eigenvalue weighted by Gasteiger charge is 2.46. The van der Waals surface area contributed by atoms with E-state index in [4.69, 9.17) is 17.3 Å². The lowest BCUT2D eigenvalue weighted by Gasteiger charge is -2.38. The summed E-state index contributed by atoms with van der Waals surface area (Å²) < 4.78 is 0. The van der Waals surface area contributed by atoms with Crippen LogP contribution in [0.1, 0.15) is 25.3 Å². The fourth-order valence-electron chi connectivity index (χ4n) is 2.35. The predicted molar refractivity (Wildman–Crippen MR) is 74.0 cm³/mol. The second kappa shape index (κ2) is 5.57. The second-order valence-electron chi connectivity index (χ2n) is 4.78. The normalized spacial score (nSPS) is 31.9. The summed E-state index contributed by atoms with van der Waals surface area (Å²) in [5.41, 5.74) is 5.64. The number of aliphatic hydroxyl groups is 1. The van der Waals surface area contributed by atoms with Gasteiger partial charge in [0.25, 0.3) is 0 Å². The Morgan fingerprint density at radius 1 is 1.44 bits per heavy atom. The quantitative estimate of drug-likeness (QED) is 0.834. The Morgan fingerprint density at radius 3 is 2.67 bits per heavy atom. The summed E-state index contributed by atoms with van der Waals surface area (Å²) in [5, 5.41) is 10.3. The number of nitrogens with two attached hydrogens (primary N) is 1. The van der Waals surface area contributed by atoms with Crippen LogP contribution < -0.4 is 5.73 Å². The molecule has 3 N–H and O–H groups in total. The van der Waals surface area contributed by atoms with Crippen molar-refractivity contribution in [3.63, 3.8) is 0 Å². The van der Waals surface area contributed by atoms with Crippen LogP contribution in [0.25, 0.3) is 0 Å². The number of hydrogen-bond acceptors (Lipinski definition) is 3. The Balaban J connectivity index is 0.00000162. The zero-order chi connectivity index (χ0) is 12.6. The molecule has 1 aromatic carbocycles. The van der Waals surface area contributed by atoms with Crippen molar-refractivity contribution in [3.8, 4) is 0 Å². The number of halogens is 2.